The minimum atomic E-state index is 0.360. The lowest BCUT2D eigenvalue weighted by molar-refractivity contribution is 0.327. The first-order valence-corrected chi connectivity index (χ1v) is 5.76. The van der Waals surface area contributed by atoms with Crippen molar-refractivity contribution < 1.29 is 0 Å². The lowest BCUT2D eigenvalue weighted by atomic mass is 10.1. The minimum Gasteiger partial charge on any atom is -0.326 e. The number of halogens is 1. The molecule has 0 saturated carbocycles. The number of benzene rings is 1. The van der Waals surface area contributed by atoms with Gasteiger partial charge in [-0.05, 0) is 30.5 Å². The predicted molar refractivity (Wildman–Crippen MR) is 64.1 cm³/mol. The van der Waals surface area contributed by atoms with Crippen LogP contribution >= 0.6 is 11.6 Å². The van der Waals surface area contributed by atoms with Gasteiger partial charge in [-0.1, -0.05) is 23.7 Å². The number of nitrogens with zero attached hydrogens (tertiary/aromatic N) is 1. The lowest BCUT2D eigenvalue weighted by Crippen LogP contribution is -2.26. The Morgan fingerprint density at radius 3 is 2.93 bits per heavy atom. The van der Waals surface area contributed by atoms with E-state index in [1.54, 1.807) is 0 Å². The number of rotatable bonds is 2. The van der Waals surface area contributed by atoms with Crippen molar-refractivity contribution in [3.05, 3.63) is 34.3 Å². The Balaban J connectivity index is 2.02. The molecule has 15 heavy (non-hydrogen) atoms. The van der Waals surface area contributed by atoms with Crippen LogP contribution in [-0.2, 0) is 6.54 Å². The number of aryl methyl sites for hydroxylation is 1. The fraction of sp³-hybridized carbons (Fsp3) is 0.500. The van der Waals surface area contributed by atoms with Gasteiger partial charge in [-0.3, -0.25) is 4.90 Å². The van der Waals surface area contributed by atoms with E-state index in [0.29, 0.717) is 6.04 Å². The topological polar surface area (TPSA) is 29.3 Å². The predicted octanol–water partition coefficient (Wildman–Crippen LogP) is 2.18. The Morgan fingerprint density at radius 2 is 2.33 bits per heavy atom. The quantitative estimate of drug-likeness (QED) is 0.835. The number of hydrogen-bond donors (Lipinski definition) is 1. The Bertz CT molecular complexity index is 351. The maximum Gasteiger partial charge on any atom is 0.0435 e. The minimum absolute atomic E-state index is 0.360. The third-order valence-corrected chi connectivity index (χ3v) is 3.36. The van der Waals surface area contributed by atoms with Gasteiger partial charge < -0.3 is 5.73 Å². The summed E-state index contributed by atoms with van der Waals surface area (Å²) in [4.78, 5) is 2.40. The van der Waals surface area contributed by atoms with E-state index in [9.17, 15) is 0 Å². The zero-order valence-electron chi connectivity index (χ0n) is 9.04. The summed E-state index contributed by atoms with van der Waals surface area (Å²) < 4.78 is 0. The van der Waals surface area contributed by atoms with Crippen LogP contribution in [0.25, 0.3) is 0 Å². The smallest absolute Gasteiger partial charge is 0.0435 e. The number of nitrogens with two attached hydrogens (primary N) is 1. The van der Waals surface area contributed by atoms with E-state index >= 15 is 0 Å². The van der Waals surface area contributed by atoms with Crippen molar-refractivity contribution in [1.82, 2.24) is 4.90 Å². The Morgan fingerprint density at radius 1 is 1.53 bits per heavy atom. The van der Waals surface area contributed by atoms with Crippen LogP contribution in [0, 0.1) is 6.92 Å². The fourth-order valence-electron chi connectivity index (χ4n) is 2.07. The molecule has 0 aliphatic carbocycles. The number of likely N-dealkylation sites (tertiary alicyclic amines) is 1. The van der Waals surface area contributed by atoms with Gasteiger partial charge in [0.1, 0.15) is 0 Å². The lowest BCUT2D eigenvalue weighted by Gasteiger charge is -2.15. The first-order chi connectivity index (χ1) is 7.15. The van der Waals surface area contributed by atoms with Crippen LogP contribution < -0.4 is 5.73 Å². The van der Waals surface area contributed by atoms with E-state index in [1.165, 1.54) is 5.56 Å². The van der Waals surface area contributed by atoms with Crippen molar-refractivity contribution in [3.8, 4) is 0 Å². The van der Waals surface area contributed by atoms with E-state index < -0.39 is 0 Å². The molecule has 1 aliphatic heterocycles. The van der Waals surface area contributed by atoms with Gasteiger partial charge in [0.15, 0.2) is 0 Å². The Hall–Kier alpha value is -0.570. The molecule has 0 amide bonds. The molecule has 1 saturated heterocycles. The first-order valence-electron chi connectivity index (χ1n) is 5.38. The van der Waals surface area contributed by atoms with Crippen molar-refractivity contribution in [1.29, 1.82) is 0 Å². The molecule has 0 spiro atoms. The number of hydrogen-bond acceptors (Lipinski definition) is 2. The second kappa shape index (κ2) is 4.52. The van der Waals surface area contributed by atoms with E-state index in [0.717, 1.165) is 36.6 Å². The van der Waals surface area contributed by atoms with Crippen LogP contribution in [0.3, 0.4) is 0 Å². The molecule has 1 heterocycles. The average molecular weight is 225 g/mol. The molecule has 1 aromatic carbocycles. The van der Waals surface area contributed by atoms with Gasteiger partial charge in [-0.25, -0.2) is 0 Å². The van der Waals surface area contributed by atoms with E-state index in [4.69, 9.17) is 17.3 Å². The maximum absolute atomic E-state index is 5.99. The van der Waals surface area contributed by atoms with Crippen LogP contribution in [0.1, 0.15) is 17.5 Å². The van der Waals surface area contributed by atoms with Crippen LogP contribution in [0.5, 0.6) is 0 Å². The van der Waals surface area contributed by atoms with Gasteiger partial charge in [0.05, 0.1) is 0 Å². The van der Waals surface area contributed by atoms with E-state index in [1.807, 2.05) is 13.0 Å². The zero-order chi connectivity index (χ0) is 10.8. The summed E-state index contributed by atoms with van der Waals surface area (Å²) in [6.07, 6.45) is 1.12. The van der Waals surface area contributed by atoms with E-state index in [2.05, 4.69) is 17.0 Å². The third-order valence-electron chi connectivity index (χ3n) is 2.94. The second-order valence-corrected chi connectivity index (χ2v) is 4.77. The molecular weight excluding hydrogens is 208 g/mol. The summed E-state index contributed by atoms with van der Waals surface area (Å²) in [5, 5.41) is 0.844. The molecule has 0 radical (unpaired) electrons. The molecule has 1 unspecified atom stereocenters. The average Bonchev–Trinajstić information content (AvgIpc) is 2.58. The van der Waals surface area contributed by atoms with Gasteiger partial charge in [0.2, 0.25) is 0 Å². The highest BCUT2D eigenvalue weighted by Crippen LogP contribution is 2.18. The molecular formula is C12H17ClN2. The SMILES string of the molecule is Cc1cc(CN2CCC(N)C2)ccc1Cl. The fourth-order valence-corrected chi connectivity index (χ4v) is 2.19. The zero-order valence-corrected chi connectivity index (χ0v) is 9.80. The van der Waals surface area contributed by atoms with Crippen LogP contribution in [0.2, 0.25) is 5.02 Å². The van der Waals surface area contributed by atoms with Crippen LogP contribution in [0.4, 0.5) is 0 Å². The summed E-state index contributed by atoms with van der Waals surface area (Å²) in [6, 6.07) is 6.59. The molecule has 82 valence electrons. The molecule has 3 heteroatoms. The standard InChI is InChI=1S/C12H17ClN2/c1-9-6-10(2-3-12(9)13)7-15-5-4-11(14)8-15/h2-3,6,11H,4-5,7-8,14H2,1H3. The molecule has 0 bridgehead atoms. The van der Waals surface area contributed by atoms with Crippen molar-refractivity contribution in [2.75, 3.05) is 13.1 Å². The van der Waals surface area contributed by atoms with E-state index in [-0.39, 0.29) is 0 Å². The summed E-state index contributed by atoms with van der Waals surface area (Å²) in [5.41, 5.74) is 8.35. The molecule has 0 aromatic heterocycles. The van der Waals surface area contributed by atoms with Gasteiger partial charge in [0.25, 0.3) is 0 Å². The van der Waals surface area contributed by atoms with Gasteiger partial charge in [0, 0.05) is 30.7 Å². The van der Waals surface area contributed by atoms with Gasteiger partial charge >= 0.3 is 0 Å². The molecule has 2 nitrogen and oxygen atoms in total. The van der Waals surface area contributed by atoms with Gasteiger partial charge in [-0.15, -0.1) is 0 Å². The van der Waals surface area contributed by atoms with Crippen molar-refractivity contribution in [2.24, 2.45) is 5.73 Å². The molecule has 2 N–H and O–H groups in total. The summed E-state index contributed by atoms with van der Waals surface area (Å²) in [6.45, 7) is 5.16. The normalized spacial score (nSPS) is 22.2. The highest BCUT2D eigenvalue weighted by Gasteiger charge is 2.18. The summed E-state index contributed by atoms with van der Waals surface area (Å²) >= 11 is 5.99. The molecule has 1 fully saturated rings. The van der Waals surface area contributed by atoms with Crippen molar-refractivity contribution in [2.45, 2.75) is 25.9 Å². The highest BCUT2D eigenvalue weighted by molar-refractivity contribution is 6.31. The van der Waals surface area contributed by atoms with Gasteiger partial charge in [-0.2, -0.15) is 0 Å². The first kappa shape index (κ1) is 10.9. The van der Waals surface area contributed by atoms with Crippen LogP contribution in [-0.4, -0.2) is 24.0 Å². The monoisotopic (exact) mass is 224 g/mol. The summed E-state index contributed by atoms with van der Waals surface area (Å²) in [5.74, 6) is 0. The maximum atomic E-state index is 5.99. The molecule has 1 atom stereocenters. The summed E-state index contributed by atoms with van der Waals surface area (Å²) in [7, 11) is 0. The van der Waals surface area contributed by atoms with Crippen molar-refractivity contribution in [3.63, 3.8) is 0 Å². The molecule has 1 aliphatic rings. The molecule has 2 rings (SSSR count). The second-order valence-electron chi connectivity index (χ2n) is 4.37. The Labute approximate surface area is 96.0 Å². The van der Waals surface area contributed by atoms with Crippen molar-refractivity contribution >= 4 is 11.6 Å². The highest BCUT2D eigenvalue weighted by atomic mass is 35.5. The molecule has 1 aromatic rings. The third kappa shape index (κ3) is 2.71. The largest absolute Gasteiger partial charge is 0.326 e. The Kier molecular flexibility index (Phi) is 3.29. The van der Waals surface area contributed by atoms with Crippen LogP contribution in [0.15, 0.2) is 18.2 Å².